The predicted molar refractivity (Wildman–Crippen MR) is 58.0 cm³/mol. The van der Waals surface area contributed by atoms with E-state index in [4.69, 9.17) is 0 Å². The van der Waals surface area contributed by atoms with Gasteiger partial charge < -0.3 is 10.6 Å². The lowest BCUT2D eigenvalue weighted by molar-refractivity contribution is 0.386. The van der Waals surface area contributed by atoms with E-state index in [1.807, 2.05) is 0 Å². The van der Waals surface area contributed by atoms with Gasteiger partial charge in [0.2, 0.25) is 0 Å². The summed E-state index contributed by atoms with van der Waals surface area (Å²) in [7, 11) is 0. The summed E-state index contributed by atoms with van der Waals surface area (Å²) in [6, 6.07) is 0.746. The molecule has 0 bridgehead atoms. The predicted octanol–water partition coefficient (Wildman–Crippen LogP) is 1.91. The molecule has 0 spiro atoms. The molecular weight excluding hydrogens is 160 g/mol. The van der Waals surface area contributed by atoms with Crippen molar-refractivity contribution in [1.29, 1.82) is 0 Å². The first-order valence-corrected chi connectivity index (χ1v) is 5.87. The molecular formula is C11H24N2. The molecule has 1 atom stereocenters. The zero-order chi connectivity index (χ0) is 9.36. The summed E-state index contributed by atoms with van der Waals surface area (Å²) in [6.45, 7) is 5.74. The first-order valence-electron chi connectivity index (χ1n) is 5.87. The van der Waals surface area contributed by atoms with Crippen LogP contribution in [0.3, 0.4) is 0 Å². The van der Waals surface area contributed by atoms with Gasteiger partial charge >= 0.3 is 0 Å². The quantitative estimate of drug-likeness (QED) is 0.616. The van der Waals surface area contributed by atoms with Crippen molar-refractivity contribution in [3.63, 3.8) is 0 Å². The van der Waals surface area contributed by atoms with Gasteiger partial charge in [-0.05, 0) is 6.42 Å². The minimum atomic E-state index is 0.746. The maximum absolute atomic E-state index is 3.55. The highest BCUT2D eigenvalue weighted by Gasteiger charge is 2.10. The summed E-state index contributed by atoms with van der Waals surface area (Å²) in [5, 5.41) is 6.97. The van der Waals surface area contributed by atoms with E-state index in [1.165, 1.54) is 45.1 Å². The smallest absolute Gasteiger partial charge is 0.0193 e. The molecule has 2 heteroatoms. The molecule has 0 amide bonds. The largest absolute Gasteiger partial charge is 0.314 e. The minimum absolute atomic E-state index is 0.746. The number of piperazine rings is 1. The molecule has 1 aliphatic rings. The Bertz CT molecular complexity index is 109. The molecule has 78 valence electrons. The Kier molecular flexibility index (Phi) is 6.21. The molecule has 1 unspecified atom stereocenters. The molecule has 2 nitrogen and oxygen atoms in total. The van der Waals surface area contributed by atoms with Gasteiger partial charge in [0, 0.05) is 25.7 Å². The van der Waals surface area contributed by atoms with Crippen LogP contribution in [-0.2, 0) is 0 Å². The molecule has 1 aliphatic heterocycles. The minimum Gasteiger partial charge on any atom is -0.314 e. The van der Waals surface area contributed by atoms with Crippen LogP contribution in [0.5, 0.6) is 0 Å². The van der Waals surface area contributed by atoms with E-state index in [0.717, 1.165) is 19.1 Å². The number of hydrogen-bond acceptors (Lipinski definition) is 2. The second kappa shape index (κ2) is 7.34. The molecule has 0 aromatic carbocycles. The van der Waals surface area contributed by atoms with Crippen molar-refractivity contribution in [2.24, 2.45) is 0 Å². The molecule has 2 N–H and O–H groups in total. The average Bonchev–Trinajstić information content (AvgIpc) is 2.19. The summed E-state index contributed by atoms with van der Waals surface area (Å²) in [6.07, 6.45) is 8.37. The molecule has 0 aliphatic carbocycles. The van der Waals surface area contributed by atoms with E-state index >= 15 is 0 Å². The molecule has 0 aromatic rings. The first kappa shape index (κ1) is 11.0. The van der Waals surface area contributed by atoms with Crippen LogP contribution >= 0.6 is 0 Å². The Hall–Kier alpha value is -0.0800. The summed E-state index contributed by atoms with van der Waals surface area (Å²) < 4.78 is 0. The monoisotopic (exact) mass is 184 g/mol. The summed E-state index contributed by atoms with van der Waals surface area (Å²) in [5.41, 5.74) is 0. The fourth-order valence-electron chi connectivity index (χ4n) is 1.91. The van der Waals surface area contributed by atoms with Crippen molar-refractivity contribution >= 4 is 0 Å². The van der Waals surface area contributed by atoms with Gasteiger partial charge in [-0.25, -0.2) is 0 Å². The summed E-state index contributed by atoms with van der Waals surface area (Å²) >= 11 is 0. The Balaban J connectivity index is 1.86. The van der Waals surface area contributed by atoms with Gasteiger partial charge in [-0.3, -0.25) is 0 Å². The second-order valence-electron chi connectivity index (χ2n) is 4.06. The van der Waals surface area contributed by atoms with Crippen molar-refractivity contribution in [3.05, 3.63) is 0 Å². The van der Waals surface area contributed by atoms with Crippen LogP contribution in [0.2, 0.25) is 0 Å². The average molecular weight is 184 g/mol. The molecule has 0 saturated carbocycles. The number of rotatable bonds is 6. The SMILES string of the molecule is CCCCCCCC1CNCCN1. The van der Waals surface area contributed by atoms with E-state index in [2.05, 4.69) is 17.6 Å². The first-order chi connectivity index (χ1) is 6.43. The third-order valence-electron chi connectivity index (χ3n) is 2.78. The maximum Gasteiger partial charge on any atom is 0.0193 e. The van der Waals surface area contributed by atoms with E-state index in [1.54, 1.807) is 0 Å². The van der Waals surface area contributed by atoms with E-state index in [9.17, 15) is 0 Å². The van der Waals surface area contributed by atoms with E-state index in [0.29, 0.717) is 0 Å². The van der Waals surface area contributed by atoms with E-state index in [-0.39, 0.29) is 0 Å². The lowest BCUT2D eigenvalue weighted by atomic mass is 10.1. The van der Waals surface area contributed by atoms with Gasteiger partial charge in [0.15, 0.2) is 0 Å². The molecule has 0 aromatic heterocycles. The number of unbranched alkanes of at least 4 members (excludes halogenated alkanes) is 4. The van der Waals surface area contributed by atoms with Crippen molar-refractivity contribution in [2.45, 2.75) is 51.5 Å². The highest BCUT2D eigenvalue weighted by atomic mass is 15.0. The van der Waals surface area contributed by atoms with Gasteiger partial charge in [-0.1, -0.05) is 39.0 Å². The standard InChI is InChI=1S/C11H24N2/c1-2-3-4-5-6-7-11-10-12-8-9-13-11/h11-13H,2-10H2,1H3. The molecule has 1 rings (SSSR count). The highest BCUT2D eigenvalue weighted by molar-refractivity contribution is 4.74. The molecule has 1 fully saturated rings. The Morgan fingerprint density at radius 1 is 1.08 bits per heavy atom. The highest BCUT2D eigenvalue weighted by Crippen LogP contribution is 2.07. The van der Waals surface area contributed by atoms with Gasteiger partial charge in [0.1, 0.15) is 0 Å². The Labute approximate surface area is 82.5 Å². The lowest BCUT2D eigenvalue weighted by Crippen LogP contribution is -2.48. The zero-order valence-electron chi connectivity index (χ0n) is 8.94. The lowest BCUT2D eigenvalue weighted by Gasteiger charge is -2.24. The zero-order valence-corrected chi connectivity index (χ0v) is 8.94. The molecule has 1 saturated heterocycles. The second-order valence-corrected chi connectivity index (χ2v) is 4.06. The van der Waals surface area contributed by atoms with Crippen molar-refractivity contribution in [1.82, 2.24) is 10.6 Å². The Morgan fingerprint density at radius 3 is 2.62 bits per heavy atom. The molecule has 1 heterocycles. The van der Waals surface area contributed by atoms with Crippen LogP contribution in [0, 0.1) is 0 Å². The van der Waals surface area contributed by atoms with Gasteiger partial charge in [-0.2, -0.15) is 0 Å². The van der Waals surface area contributed by atoms with Crippen molar-refractivity contribution < 1.29 is 0 Å². The van der Waals surface area contributed by atoms with Crippen molar-refractivity contribution in [2.75, 3.05) is 19.6 Å². The summed E-state index contributed by atoms with van der Waals surface area (Å²) in [4.78, 5) is 0. The van der Waals surface area contributed by atoms with Gasteiger partial charge in [0.05, 0.1) is 0 Å². The Morgan fingerprint density at radius 2 is 1.92 bits per heavy atom. The topological polar surface area (TPSA) is 24.1 Å². The van der Waals surface area contributed by atoms with Crippen LogP contribution in [0.15, 0.2) is 0 Å². The van der Waals surface area contributed by atoms with Crippen LogP contribution in [0.1, 0.15) is 45.4 Å². The van der Waals surface area contributed by atoms with Crippen LogP contribution in [0.25, 0.3) is 0 Å². The summed E-state index contributed by atoms with van der Waals surface area (Å²) in [5.74, 6) is 0. The van der Waals surface area contributed by atoms with E-state index < -0.39 is 0 Å². The van der Waals surface area contributed by atoms with Crippen LogP contribution in [-0.4, -0.2) is 25.7 Å². The third-order valence-corrected chi connectivity index (χ3v) is 2.78. The van der Waals surface area contributed by atoms with Gasteiger partial charge in [-0.15, -0.1) is 0 Å². The normalized spacial score (nSPS) is 23.3. The van der Waals surface area contributed by atoms with Crippen LogP contribution in [0.4, 0.5) is 0 Å². The number of hydrogen-bond donors (Lipinski definition) is 2. The number of nitrogens with one attached hydrogen (secondary N) is 2. The molecule has 0 radical (unpaired) electrons. The van der Waals surface area contributed by atoms with Gasteiger partial charge in [0.25, 0.3) is 0 Å². The van der Waals surface area contributed by atoms with Crippen molar-refractivity contribution in [3.8, 4) is 0 Å². The third kappa shape index (κ3) is 5.27. The van der Waals surface area contributed by atoms with Crippen LogP contribution < -0.4 is 10.6 Å². The fourth-order valence-corrected chi connectivity index (χ4v) is 1.91. The fraction of sp³-hybridized carbons (Fsp3) is 1.00. The molecule has 13 heavy (non-hydrogen) atoms. The maximum atomic E-state index is 3.55.